The van der Waals surface area contributed by atoms with Gasteiger partial charge in [0.15, 0.2) is 5.96 Å². The zero-order valence-electron chi connectivity index (χ0n) is 13.2. The Morgan fingerprint density at radius 1 is 1.29 bits per heavy atom. The SMILES string of the molecule is CN=C(NCc1c(C)noc1C)NCC1(O)CCCCC1. The van der Waals surface area contributed by atoms with Gasteiger partial charge in [-0.05, 0) is 26.7 Å². The van der Waals surface area contributed by atoms with E-state index >= 15 is 0 Å². The zero-order chi connectivity index (χ0) is 15.3. The molecular formula is C15H26N4O2. The fraction of sp³-hybridized carbons (Fsp3) is 0.733. The molecule has 0 aromatic carbocycles. The Hall–Kier alpha value is -1.56. The van der Waals surface area contributed by atoms with Crippen molar-refractivity contribution in [1.82, 2.24) is 15.8 Å². The lowest BCUT2D eigenvalue weighted by Crippen LogP contribution is -2.47. The maximum atomic E-state index is 10.5. The van der Waals surface area contributed by atoms with Crippen molar-refractivity contribution in [2.75, 3.05) is 13.6 Å². The van der Waals surface area contributed by atoms with E-state index in [-0.39, 0.29) is 0 Å². The van der Waals surface area contributed by atoms with Gasteiger partial charge in [0.2, 0.25) is 0 Å². The van der Waals surface area contributed by atoms with E-state index in [1.54, 1.807) is 7.05 Å². The van der Waals surface area contributed by atoms with E-state index < -0.39 is 5.60 Å². The molecule has 3 N–H and O–H groups in total. The number of aliphatic hydroxyl groups is 1. The van der Waals surface area contributed by atoms with Crippen LogP contribution in [-0.4, -0.2) is 35.4 Å². The first kappa shape index (κ1) is 15.8. The lowest BCUT2D eigenvalue weighted by atomic mass is 9.85. The second kappa shape index (κ2) is 6.93. The van der Waals surface area contributed by atoms with E-state index in [2.05, 4.69) is 20.8 Å². The lowest BCUT2D eigenvalue weighted by Gasteiger charge is -2.32. The highest BCUT2D eigenvalue weighted by Gasteiger charge is 2.29. The smallest absolute Gasteiger partial charge is 0.191 e. The molecule has 0 spiro atoms. The minimum atomic E-state index is -0.598. The number of nitrogens with one attached hydrogen (secondary N) is 2. The van der Waals surface area contributed by atoms with Crippen LogP contribution in [0.15, 0.2) is 9.52 Å². The molecule has 1 aromatic heterocycles. The van der Waals surface area contributed by atoms with Crippen LogP contribution in [0.2, 0.25) is 0 Å². The molecule has 1 fully saturated rings. The molecule has 6 heteroatoms. The minimum Gasteiger partial charge on any atom is -0.388 e. The first-order chi connectivity index (χ1) is 10.0. The molecule has 1 aliphatic carbocycles. The number of hydrogen-bond donors (Lipinski definition) is 3. The Morgan fingerprint density at radius 3 is 2.57 bits per heavy atom. The summed E-state index contributed by atoms with van der Waals surface area (Å²) < 4.78 is 5.14. The highest BCUT2D eigenvalue weighted by Crippen LogP contribution is 2.27. The second-order valence-electron chi connectivity index (χ2n) is 5.87. The molecule has 6 nitrogen and oxygen atoms in total. The Balaban J connectivity index is 1.84. The predicted octanol–water partition coefficient (Wildman–Crippen LogP) is 1.65. The minimum absolute atomic E-state index is 0.536. The van der Waals surface area contributed by atoms with E-state index in [9.17, 15) is 5.11 Å². The van der Waals surface area contributed by atoms with Gasteiger partial charge in [-0.3, -0.25) is 4.99 Å². The summed E-state index contributed by atoms with van der Waals surface area (Å²) in [5.41, 5.74) is 1.34. The van der Waals surface area contributed by atoms with Crippen LogP contribution in [0.5, 0.6) is 0 Å². The molecule has 1 aromatic rings. The van der Waals surface area contributed by atoms with Crippen molar-refractivity contribution in [1.29, 1.82) is 0 Å². The normalized spacial score (nSPS) is 18.6. The van der Waals surface area contributed by atoms with Crippen molar-refractivity contribution in [3.8, 4) is 0 Å². The molecule has 1 aliphatic rings. The number of aromatic nitrogens is 1. The van der Waals surface area contributed by atoms with Crippen LogP contribution in [0.25, 0.3) is 0 Å². The molecule has 2 rings (SSSR count). The fourth-order valence-electron chi connectivity index (χ4n) is 2.78. The van der Waals surface area contributed by atoms with Gasteiger partial charge < -0.3 is 20.3 Å². The topological polar surface area (TPSA) is 82.7 Å². The van der Waals surface area contributed by atoms with Gasteiger partial charge in [-0.25, -0.2) is 0 Å². The quantitative estimate of drug-likeness (QED) is 0.581. The number of rotatable bonds is 4. The highest BCUT2D eigenvalue weighted by atomic mass is 16.5. The summed E-state index contributed by atoms with van der Waals surface area (Å²) in [6, 6.07) is 0. The van der Waals surface area contributed by atoms with Gasteiger partial charge in [-0.1, -0.05) is 24.4 Å². The molecule has 0 aliphatic heterocycles. The Labute approximate surface area is 126 Å². The second-order valence-corrected chi connectivity index (χ2v) is 5.87. The summed E-state index contributed by atoms with van der Waals surface area (Å²) in [6.07, 6.45) is 5.15. The molecule has 0 saturated heterocycles. The molecule has 0 atom stereocenters. The van der Waals surface area contributed by atoms with Crippen molar-refractivity contribution in [2.24, 2.45) is 4.99 Å². The van der Waals surface area contributed by atoms with Crippen LogP contribution in [0, 0.1) is 13.8 Å². The maximum absolute atomic E-state index is 10.5. The monoisotopic (exact) mass is 294 g/mol. The number of nitrogens with zero attached hydrogens (tertiary/aromatic N) is 2. The third-order valence-electron chi connectivity index (χ3n) is 4.21. The molecule has 1 heterocycles. The number of aliphatic imine (C=N–C) groups is 1. The highest BCUT2D eigenvalue weighted by molar-refractivity contribution is 5.79. The zero-order valence-corrected chi connectivity index (χ0v) is 13.2. The summed E-state index contributed by atoms with van der Waals surface area (Å²) in [7, 11) is 1.73. The molecule has 0 radical (unpaired) electrons. The predicted molar refractivity (Wildman–Crippen MR) is 82.2 cm³/mol. The Morgan fingerprint density at radius 2 is 2.00 bits per heavy atom. The van der Waals surface area contributed by atoms with Crippen LogP contribution in [-0.2, 0) is 6.54 Å². The van der Waals surface area contributed by atoms with E-state index in [0.717, 1.165) is 42.7 Å². The largest absolute Gasteiger partial charge is 0.388 e. The average Bonchev–Trinajstić information content (AvgIpc) is 2.79. The number of guanidine groups is 1. The van der Waals surface area contributed by atoms with Crippen molar-refractivity contribution in [3.05, 3.63) is 17.0 Å². The number of hydrogen-bond acceptors (Lipinski definition) is 4. The summed E-state index contributed by atoms with van der Waals surface area (Å²) in [6.45, 7) is 4.97. The molecule has 21 heavy (non-hydrogen) atoms. The Bertz CT molecular complexity index is 470. The van der Waals surface area contributed by atoms with Gasteiger partial charge in [0.25, 0.3) is 0 Å². The van der Waals surface area contributed by atoms with Crippen molar-refractivity contribution in [2.45, 2.75) is 58.1 Å². The molecule has 1 saturated carbocycles. The van der Waals surface area contributed by atoms with E-state index in [0.29, 0.717) is 19.0 Å². The Kier molecular flexibility index (Phi) is 5.22. The van der Waals surface area contributed by atoms with Crippen molar-refractivity contribution >= 4 is 5.96 Å². The van der Waals surface area contributed by atoms with Crippen LogP contribution in [0.4, 0.5) is 0 Å². The summed E-state index contributed by atoms with van der Waals surface area (Å²) in [5, 5.41) is 20.9. The van der Waals surface area contributed by atoms with Gasteiger partial charge in [0, 0.05) is 25.7 Å². The van der Waals surface area contributed by atoms with Crippen molar-refractivity contribution in [3.63, 3.8) is 0 Å². The molecule has 0 amide bonds. The van der Waals surface area contributed by atoms with Crippen LogP contribution >= 0.6 is 0 Å². The molecule has 0 bridgehead atoms. The van der Waals surface area contributed by atoms with Crippen LogP contribution in [0.3, 0.4) is 0 Å². The maximum Gasteiger partial charge on any atom is 0.191 e. The van der Waals surface area contributed by atoms with E-state index in [4.69, 9.17) is 4.52 Å². The lowest BCUT2D eigenvalue weighted by molar-refractivity contribution is 0.00859. The third kappa shape index (κ3) is 4.20. The van der Waals surface area contributed by atoms with E-state index in [1.165, 1.54) is 6.42 Å². The van der Waals surface area contributed by atoms with Crippen LogP contribution < -0.4 is 10.6 Å². The third-order valence-corrected chi connectivity index (χ3v) is 4.21. The summed E-state index contributed by atoms with van der Waals surface area (Å²) in [4.78, 5) is 4.19. The molecule has 118 valence electrons. The standard InChI is InChI=1S/C15H26N4O2/c1-11-13(12(2)21-19-11)9-17-14(16-3)18-10-15(20)7-5-4-6-8-15/h20H,4-10H2,1-3H3,(H2,16,17,18). The van der Waals surface area contributed by atoms with Crippen molar-refractivity contribution < 1.29 is 9.63 Å². The summed E-state index contributed by atoms with van der Waals surface area (Å²) >= 11 is 0. The van der Waals surface area contributed by atoms with Gasteiger partial charge in [-0.2, -0.15) is 0 Å². The first-order valence-electron chi connectivity index (χ1n) is 7.63. The van der Waals surface area contributed by atoms with Crippen LogP contribution in [0.1, 0.15) is 49.1 Å². The van der Waals surface area contributed by atoms with Gasteiger partial charge >= 0.3 is 0 Å². The average molecular weight is 294 g/mol. The van der Waals surface area contributed by atoms with Gasteiger partial charge in [0.1, 0.15) is 5.76 Å². The fourth-order valence-corrected chi connectivity index (χ4v) is 2.78. The van der Waals surface area contributed by atoms with Gasteiger partial charge in [0.05, 0.1) is 11.3 Å². The molecule has 0 unspecified atom stereocenters. The van der Waals surface area contributed by atoms with E-state index in [1.807, 2.05) is 13.8 Å². The molecular weight excluding hydrogens is 268 g/mol. The number of aryl methyl sites for hydroxylation is 2. The summed E-state index contributed by atoms with van der Waals surface area (Å²) in [5.74, 6) is 1.51. The van der Waals surface area contributed by atoms with Gasteiger partial charge in [-0.15, -0.1) is 0 Å². The first-order valence-corrected chi connectivity index (χ1v) is 7.63.